The largest absolute Gasteiger partial charge is 0.490 e. The topological polar surface area (TPSA) is 94.2 Å². The molecule has 0 aliphatic carbocycles. The average molecular weight is 581 g/mol. The number of hydrogen-bond donors (Lipinski definition) is 2. The molecule has 1 aromatic carbocycles. The first-order chi connectivity index (χ1) is 18.5. The molecule has 2 aliphatic heterocycles. The number of likely N-dealkylation sites (tertiary alicyclic amines) is 2. The summed E-state index contributed by atoms with van der Waals surface area (Å²) in [5.41, 5.74) is 3.35. The highest BCUT2D eigenvalue weighted by atomic mass is 19.4. The van der Waals surface area contributed by atoms with Crippen molar-refractivity contribution in [3.05, 3.63) is 59.0 Å². The predicted molar refractivity (Wildman–Crippen MR) is 133 cm³/mol. The van der Waals surface area contributed by atoms with Gasteiger partial charge in [-0.3, -0.25) is 9.80 Å². The van der Waals surface area contributed by atoms with Gasteiger partial charge in [0.05, 0.1) is 6.54 Å². The van der Waals surface area contributed by atoms with E-state index in [-0.39, 0.29) is 0 Å². The zero-order valence-corrected chi connectivity index (χ0v) is 22.3. The first kappa shape index (κ1) is 33.1. The van der Waals surface area contributed by atoms with Crippen LogP contribution in [0.1, 0.15) is 48.3 Å². The van der Waals surface area contributed by atoms with Crippen LogP contribution in [0.3, 0.4) is 0 Å². The van der Waals surface area contributed by atoms with Crippen LogP contribution in [0.25, 0.3) is 0 Å². The number of alkyl halides is 6. The molecule has 2 aromatic rings. The second kappa shape index (κ2) is 14.0. The third-order valence-electron chi connectivity index (χ3n) is 6.84. The summed E-state index contributed by atoms with van der Waals surface area (Å²) in [6, 6.07) is 13.3. The number of carbonyl (C=O) groups is 2. The molecular weight excluding hydrogens is 546 g/mol. The minimum absolute atomic E-state index is 0.540. The number of aliphatic carboxylic acids is 2. The fourth-order valence-corrected chi connectivity index (χ4v) is 4.78. The SMILES string of the molecule is Cc1ccc(CN2CCCC3(CCN(Cc4ccc(C)o4)CC3)C2)cc1.O=C(O)C(F)(F)F.O=C(O)C(F)(F)F. The van der Waals surface area contributed by atoms with Crippen molar-refractivity contribution in [3.63, 3.8) is 0 Å². The molecular formula is C27H34F6N2O5. The van der Waals surface area contributed by atoms with E-state index in [9.17, 15) is 26.3 Å². The highest BCUT2D eigenvalue weighted by Crippen LogP contribution is 2.40. The van der Waals surface area contributed by atoms with Gasteiger partial charge in [-0.1, -0.05) is 29.8 Å². The molecule has 40 heavy (non-hydrogen) atoms. The standard InChI is InChI=1S/C23H32N2O.2C2HF3O2/c1-19-4-7-21(8-5-19)16-25-13-3-10-23(18-25)11-14-24(15-12-23)17-22-9-6-20(2)26-22;2*3-2(4,5)1(6)7/h4-9H,3,10-18H2,1-2H3;2*(H,6,7). The van der Waals surface area contributed by atoms with Crippen molar-refractivity contribution in [2.45, 2.75) is 65.0 Å². The molecule has 0 atom stereocenters. The molecule has 2 saturated heterocycles. The Morgan fingerprint density at radius 1 is 0.800 bits per heavy atom. The normalized spacial score (nSPS) is 17.8. The summed E-state index contributed by atoms with van der Waals surface area (Å²) in [7, 11) is 0. The summed E-state index contributed by atoms with van der Waals surface area (Å²) in [4.78, 5) is 23.1. The molecule has 0 radical (unpaired) electrons. The summed E-state index contributed by atoms with van der Waals surface area (Å²) in [5, 5.41) is 14.2. The number of halogens is 6. The van der Waals surface area contributed by atoms with E-state index in [2.05, 4.69) is 53.1 Å². The molecule has 224 valence electrons. The van der Waals surface area contributed by atoms with Gasteiger partial charge in [0.1, 0.15) is 11.5 Å². The van der Waals surface area contributed by atoms with E-state index in [1.807, 2.05) is 6.92 Å². The van der Waals surface area contributed by atoms with Gasteiger partial charge in [-0.2, -0.15) is 26.3 Å². The number of furan rings is 1. The maximum atomic E-state index is 10.6. The molecule has 1 aromatic heterocycles. The quantitative estimate of drug-likeness (QED) is 0.426. The number of nitrogens with zero attached hydrogens (tertiary/aromatic N) is 2. The molecule has 2 fully saturated rings. The summed E-state index contributed by atoms with van der Waals surface area (Å²) in [6.07, 6.45) is -4.75. The van der Waals surface area contributed by atoms with E-state index < -0.39 is 24.3 Å². The molecule has 0 saturated carbocycles. The third-order valence-corrected chi connectivity index (χ3v) is 6.84. The van der Waals surface area contributed by atoms with Gasteiger partial charge in [0, 0.05) is 13.1 Å². The molecule has 7 nitrogen and oxygen atoms in total. The van der Waals surface area contributed by atoms with E-state index >= 15 is 0 Å². The first-order valence-corrected chi connectivity index (χ1v) is 12.6. The van der Waals surface area contributed by atoms with Crippen LogP contribution in [0.2, 0.25) is 0 Å². The van der Waals surface area contributed by atoms with Crippen LogP contribution in [0.5, 0.6) is 0 Å². The van der Waals surface area contributed by atoms with Crippen molar-refractivity contribution in [2.75, 3.05) is 26.2 Å². The van der Waals surface area contributed by atoms with Crippen LogP contribution in [-0.2, 0) is 22.7 Å². The van der Waals surface area contributed by atoms with Crippen molar-refractivity contribution in [1.29, 1.82) is 0 Å². The minimum atomic E-state index is -5.08. The van der Waals surface area contributed by atoms with Gasteiger partial charge in [0.15, 0.2) is 0 Å². The Balaban J connectivity index is 0.000000333. The number of benzene rings is 1. The average Bonchev–Trinajstić information content (AvgIpc) is 3.26. The maximum Gasteiger partial charge on any atom is 0.490 e. The van der Waals surface area contributed by atoms with Gasteiger partial charge in [-0.05, 0) is 82.3 Å². The van der Waals surface area contributed by atoms with Crippen molar-refractivity contribution in [2.24, 2.45) is 5.41 Å². The van der Waals surface area contributed by atoms with Crippen LogP contribution in [0, 0.1) is 19.3 Å². The van der Waals surface area contributed by atoms with Crippen LogP contribution in [0.4, 0.5) is 26.3 Å². The van der Waals surface area contributed by atoms with Gasteiger partial charge < -0.3 is 14.6 Å². The maximum absolute atomic E-state index is 10.6. The molecule has 2 aliphatic rings. The molecule has 0 amide bonds. The summed E-state index contributed by atoms with van der Waals surface area (Å²) in [6.45, 7) is 11.2. The second-order valence-corrected chi connectivity index (χ2v) is 10.2. The van der Waals surface area contributed by atoms with Gasteiger partial charge in [-0.15, -0.1) is 0 Å². The highest BCUT2D eigenvalue weighted by Gasteiger charge is 2.39. The lowest BCUT2D eigenvalue weighted by molar-refractivity contribution is -0.193. The van der Waals surface area contributed by atoms with Gasteiger partial charge >= 0.3 is 24.3 Å². The highest BCUT2D eigenvalue weighted by molar-refractivity contribution is 5.73. The number of rotatable bonds is 4. The molecule has 4 rings (SSSR count). The van der Waals surface area contributed by atoms with Crippen molar-refractivity contribution < 1.29 is 50.6 Å². The van der Waals surface area contributed by atoms with E-state index in [1.54, 1.807) is 0 Å². The summed E-state index contributed by atoms with van der Waals surface area (Å²) in [5.74, 6) is -3.38. The molecule has 0 bridgehead atoms. The van der Waals surface area contributed by atoms with E-state index in [1.165, 1.54) is 63.0 Å². The van der Waals surface area contributed by atoms with Crippen molar-refractivity contribution in [1.82, 2.24) is 9.80 Å². The molecule has 2 N–H and O–H groups in total. The molecule has 3 heterocycles. The summed E-state index contributed by atoms with van der Waals surface area (Å²) < 4.78 is 69.2. The summed E-state index contributed by atoms with van der Waals surface area (Å²) >= 11 is 0. The zero-order chi connectivity index (χ0) is 30.1. The number of carboxylic acid groups (broad SMARTS) is 2. The van der Waals surface area contributed by atoms with Crippen molar-refractivity contribution >= 4 is 11.9 Å². The molecule has 13 heteroatoms. The monoisotopic (exact) mass is 580 g/mol. The Morgan fingerprint density at radius 2 is 1.32 bits per heavy atom. The van der Waals surface area contributed by atoms with Crippen LogP contribution in [-0.4, -0.2) is 70.5 Å². The van der Waals surface area contributed by atoms with E-state index in [4.69, 9.17) is 24.2 Å². The predicted octanol–water partition coefficient (Wildman–Crippen LogP) is 6.04. The van der Waals surface area contributed by atoms with E-state index in [0.717, 1.165) is 24.6 Å². The lowest BCUT2D eigenvalue weighted by Gasteiger charge is -2.47. The number of aryl methyl sites for hydroxylation is 2. The zero-order valence-electron chi connectivity index (χ0n) is 22.3. The fraction of sp³-hybridized carbons (Fsp3) is 0.556. The lowest BCUT2D eigenvalue weighted by atomic mass is 9.72. The first-order valence-electron chi connectivity index (χ1n) is 12.6. The van der Waals surface area contributed by atoms with E-state index in [0.29, 0.717) is 5.41 Å². The van der Waals surface area contributed by atoms with Gasteiger partial charge in [0.2, 0.25) is 0 Å². The Bertz CT molecular complexity index is 1070. The number of carboxylic acids is 2. The third kappa shape index (κ3) is 11.2. The fourth-order valence-electron chi connectivity index (χ4n) is 4.78. The Labute approximate surface area is 228 Å². The Morgan fingerprint density at radius 3 is 1.77 bits per heavy atom. The van der Waals surface area contributed by atoms with Gasteiger partial charge in [-0.25, -0.2) is 9.59 Å². The smallest absolute Gasteiger partial charge is 0.475 e. The van der Waals surface area contributed by atoms with Crippen LogP contribution >= 0.6 is 0 Å². The number of hydrogen-bond acceptors (Lipinski definition) is 5. The Hall–Kier alpha value is -3.06. The number of piperidine rings is 2. The van der Waals surface area contributed by atoms with Crippen LogP contribution < -0.4 is 0 Å². The Kier molecular flexibility index (Phi) is 11.6. The second-order valence-electron chi connectivity index (χ2n) is 10.2. The molecule has 1 spiro atoms. The lowest BCUT2D eigenvalue weighted by Crippen LogP contribution is -2.49. The van der Waals surface area contributed by atoms with Gasteiger partial charge in [0.25, 0.3) is 0 Å². The molecule has 0 unspecified atom stereocenters. The van der Waals surface area contributed by atoms with Crippen molar-refractivity contribution in [3.8, 4) is 0 Å². The minimum Gasteiger partial charge on any atom is -0.475 e. The van der Waals surface area contributed by atoms with Crippen LogP contribution in [0.15, 0.2) is 40.8 Å².